The Morgan fingerprint density at radius 3 is 2.72 bits per heavy atom. The van der Waals surface area contributed by atoms with Gasteiger partial charge in [-0.25, -0.2) is 0 Å². The first kappa shape index (κ1) is 18.6. The van der Waals surface area contributed by atoms with Gasteiger partial charge in [-0.15, -0.1) is 0 Å². The fourth-order valence-electron chi connectivity index (χ4n) is 2.37. The van der Waals surface area contributed by atoms with Crippen molar-refractivity contribution in [2.75, 3.05) is 0 Å². The van der Waals surface area contributed by atoms with Crippen LogP contribution in [0, 0.1) is 0 Å². The highest BCUT2D eigenvalue weighted by atomic mass is 16.6. The lowest BCUT2D eigenvalue weighted by molar-refractivity contribution is -0.170. The van der Waals surface area contributed by atoms with Gasteiger partial charge in [-0.1, -0.05) is 18.2 Å². The Kier molecular flexibility index (Phi) is 5.54. The van der Waals surface area contributed by atoms with E-state index < -0.39 is 29.2 Å². The summed E-state index contributed by atoms with van der Waals surface area (Å²) in [6.45, 7) is 4.53. The third-order valence-electron chi connectivity index (χ3n) is 3.70. The fraction of sp³-hybridized carbons (Fsp3) is 0.316. The highest BCUT2D eigenvalue weighted by molar-refractivity contribution is 6.26. The Bertz CT molecular complexity index is 748. The first-order chi connectivity index (χ1) is 11.8. The molecule has 25 heavy (non-hydrogen) atoms. The maximum absolute atomic E-state index is 12.7. The zero-order chi connectivity index (χ0) is 18.6. The summed E-state index contributed by atoms with van der Waals surface area (Å²) in [5.41, 5.74) is -1.38. The molecular formula is C19H20O6. The number of carbonyl (C=O) groups excluding carboxylic acids is 3. The Hall–Kier alpha value is -2.73. The third kappa shape index (κ3) is 4.03. The highest BCUT2D eigenvalue weighted by Gasteiger charge is 2.49. The number of ether oxygens (including phenoxy) is 2. The molecule has 1 aliphatic heterocycles. The molecule has 1 heterocycles. The normalized spacial score (nSPS) is 24.4. The van der Waals surface area contributed by atoms with Crippen LogP contribution < -0.4 is 0 Å². The summed E-state index contributed by atoms with van der Waals surface area (Å²) in [5.74, 6) is -1.62. The van der Waals surface area contributed by atoms with Crippen LogP contribution in [0.5, 0.6) is 0 Å². The molecule has 6 nitrogen and oxygen atoms in total. The first-order valence-corrected chi connectivity index (χ1v) is 7.87. The number of rotatable bonds is 5. The number of hydrogen-bond donors (Lipinski definition) is 1. The second-order valence-electron chi connectivity index (χ2n) is 5.93. The van der Waals surface area contributed by atoms with Crippen molar-refractivity contribution in [1.29, 1.82) is 0 Å². The van der Waals surface area contributed by atoms with E-state index in [9.17, 15) is 19.5 Å². The molecule has 0 spiro atoms. The molecule has 0 radical (unpaired) electrons. The van der Waals surface area contributed by atoms with Crippen LogP contribution in [0.2, 0.25) is 0 Å². The predicted octanol–water partition coefficient (Wildman–Crippen LogP) is 2.07. The van der Waals surface area contributed by atoms with Gasteiger partial charge < -0.3 is 14.6 Å². The van der Waals surface area contributed by atoms with Gasteiger partial charge in [0.25, 0.3) is 0 Å². The molecule has 132 valence electrons. The Balaban J connectivity index is 2.28. The molecule has 2 aliphatic rings. The van der Waals surface area contributed by atoms with Crippen LogP contribution >= 0.6 is 0 Å². The second-order valence-corrected chi connectivity index (χ2v) is 5.93. The number of fused-ring (bicyclic) bond motifs is 1. The number of ketones is 2. The van der Waals surface area contributed by atoms with Gasteiger partial charge in [0.2, 0.25) is 17.2 Å². The van der Waals surface area contributed by atoms with Crippen molar-refractivity contribution in [3.05, 3.63) is 59.6 Å². The summed E-state index contributed by atoms with van der Waals surface area (Å²) in [6.07, 6.45) is 9.96. The highest BCUT2D eigenvalue weighted by Crippen LogP contribution is 2.33. The standard InChI is InChI=1S/C19H20O6/c1-4-5-6-7-14-9-13-10-16(21)19(3,18(23)15(13)11-24-14)25-17(22)8-12(2)20/h4-7,9-12,20H,8H2,1-3H3. The van der Waals surface area contributed by atoms with E-state index >= 15 is 0 Å². The molecule has 0 fully saturated rings. The van der Waals surface area contributed by atoms with Crippen molar-refractivity contribution in [3.8, 4) is 0 Å². The molecule has 0 amide bonds. The Morgan fingerprint density at radius 2 is 2.08 bits per heavy atom. The zero-order valence-corrected chi connectivity index (χ0v) is 14.3. The van der Waals surface area contributed by atoms with Crippen molar-refractivity contribution < 1.29 is 29.0 Å². The van der Waals surface area contributed by atoms with Gasteiger partial charge in [-0.3, -0.25) is 14.4 Å². The van der Waals surface area contributed by atoms with E-state index in [1.54, 1.807) is 18.2 Å². The van der Waals surface area contributed by atoms with Crippen LogP contribution in [0.15, 0.2) is 59.6 Å². The van der Waals surface area contributed by atoms with Crippen LogP contribution in [0.4, 0.5) is 0 Å². The van der Waals surface area contributed by atoms with Gasteiger partial charge in [0.1, 0.15) is 12.0 Å². The average molecular weight is 344 g/mol. The van der Waals surface area contributed by atoms with Crippen molar-refractivity contribution >= 4 is 17.5 Å². The summed E-state index contributed by atoms with van der Waals surface area (Å²) in [4.78, 5) is 36.9. The molecule has 0 aromatic carbocycles. The topological polar surface area (TPSA) is 89.9 Å². The molecule has 2 atom stereocenters. The molecule has 2 rings (SSSR count). The van der Waals surface area contributed by atoms with E-state index in [0.29, 0.717) is 11.3 Å². The second kappa shape index (κ2) is 7.44. The van der Waals surface area contributed by atoms with Crippen LogP contribution in [0.1, 0.15) is 27.2 Å². The average Bonchev–Trinajstić information content (AvgIpc) is 2.52. The number of aliphatic hydroxyl groups excluding tert-OH is 1. The molecule has 6 heteroatoms. The molecule has 2 unspecified atom stereocenters. The molecule has 0 saturated carbocycles. The van der Waals surface area contributed by atoms with Crippen LogP contribution in [-0.4, -0.2) is 34.3 Å². The lowest BCUT2D eigenvalue weighted by atomic mass is 9.80. The number of allylic oxidation sites excluding steroid dienone is 6. The van der Waals surface area contributed by atoms with Crippen molar-refractivity contribution in [2.45, 2.75) is 38.9 Å². The van der Waals surface area contributed by atoms with Gasteiger partial charge in [-0.2, -0.15) is 0 Å². The number of esters is 1. The summed E-state index contributed by atoms with van der Waals surface area (Å²) < 4.78 is 10.5. The molecule has 0 bridgehead atoms. The zero-order valence-electron chi connectivity index (χ0n) is 14.3. The number of Topliss-reactive ketones (excluding diaryl/α,β-unsaturated/α-hetero) is 1. The Morgan fingerprint density at radius 1 is 1.36 bits per heavy atom. The minimum Gasteiger partial charge on any atom is -0.464 e. The number of aliphatic hydroxyl groups is 1. The summed E-state index contributed by atoms with van der Waals surface area (Å²) >= 11 is 0. The van der Waals surface area contributed by atoms with E-state index in [2.05, 4.69) is 0 Å². The molecule has 1 N–H and O–H groups in total. The molecular weight excluding hydrogens is 324 g/mol. The maximum Gasteiger partial charge on any atom is 0.309 e. The van der Waals surface area contributed by atoms with Gasteiger partial charge in [0.15, 0.2) is 0 Å². The number of hydrogen-bond acceptors (Lipinski definition) is 6. The van der Waals surface area contributed by atoms with E-state index in [-0.39, 0.29) is 12.0 Å². The third-order valence-corrected chi connectivity index (χ3v) is 3.70. The molecule has 0 aromatic heterocycles. The maximum atomic E-state index is 12.7. The fourth-order valence-corrected chi connectivity index (χ4v) is 2.37. The minimum absolute atomic E-state index is 0.162. The van der Waals surface area contributed by atoms with E-state index in [0.717, 1.165) is 0 Å². The minimum atomic E-state index is -1.95. The molecule has 0 saturated heterocycles. The molecule has 0 aromatic rings. The summed E-state index contributed by atoms with van der Waals surface area (Å²) in [6, 6.07) is 0. The monoisotopic (exact) mass is 344 g/mol. The predicted molar refractivity (Wildman–Crippen MR) is 90.1 cm³/mol. The van der Waals surface area contributed by atoms with E-state index in [1.165, 1.54) is 26.2 Å². The van der Waals surface area contributed by atoms with Crippen molar-refractivity contribution in [1.82, 2.24) is 0 Å². The van der Waals surface area contributed by atoms with Crippen LogP contribution in [0.3, 0.4) is 0 Å². The van der Waals surface area contributed by atoms with Gasteiger partial charge in [0, 0.05) is 0 Å². The van der Waals surface area contributed by atoms with Crippen LogP contribution in [-0.2, 0) is 23.9 Å². The quantitative estimate of drug-likeness (QED) is 0.466. The smallest absolute Gasteiger partial charge is 0.309 e. The first-order valence-electron chi connectivity index (χ1n) is 7.87. The van der Waals surface area contributed by atoms with E-state index in [1.807, 2.05) is 19.1 Å². The van der Waals surface area contributed by atoms with Crippen LogP contribution in [0.25, 0.3) is 0 Å². The van der Waals surface area contributed by atoms with Crippen molar-refractivity contribution in [3.63, 3.8) is 0 Å². The Labute approximate surface area is 145 Å². The summed E-state index contributed by atoms with van der Waals surface area (Å²) in [7, 11) is 0. The van der Waals surface area contributed by atoms with E-state index in [4.69, 9.17) is 9.47 Å². The summed E-state index contributed by atoms with van der Waals surface area (Å²) in [5, 5.41) is 9.24. The largest absolute Gasteiger partial charge is 0.464 e. The van der Waals surface area contributed by atoms with Gasteiger partial charge >= 0.3 is 5.97 Å². The van der Waals surface area contributed by atoms with Gasteiger partial charge in [-0.05, 0) is 44.6 Å². The van der Waals surface area contributed by atoms with Crippen molar-refractivity contribution in [2.24, 2.45) is 0 Å². The van der Waals surface area contributed by atoms with Gasteiger partial charge in [0.05, 0.1) is 18.1 Å². The number of carbonyl (C=O) groups is 3. The lowest BCUT2D eigenvalue weighted by Crippen LogP contribution is -2.50. The molecule has 1 aliphatic carbocycles. The lowest BCUT2D eigenvalue weighted by Gasteiger charge is -2.31. The SMILES string of the molecule is CC=CC=CC1=CC2=CC(=O)C(C)(OC(=O)CC(C)O)C(=O)C2=CO1.